The standard InChI is InChI=1S/C41H81NO9/c1-3-5-7-9-11-13-15-16-17-18-19-20-22-24-26-28-30-36(45)42-33(32-50-41-40(49)39(48)38(47)35(31-43)51-41)37(46)34(44)29-27-25-23-21-14-12-10-8-6-4-2/h33-35,37-41,43-44,46-49H,3-32H2,1-2H3,(H,42,45)/t33-,34+,35+,37-,38-,39?,40?,41+/m0/s1. The van der Waals surface area contributed by atoms with Crippen LogP contribution < -0.4 is 5.32 Å². The number of hydrogen-bond donors (Lipinski definition) is 7. The minimum atomic E-state index is -1.60. The highest BCUT2D eigenvalue weighted by molar-refractivity contribution is 5.76. The lowest BCUT2D eigenvalue weighted by Gasteiger charge is -2.40. The molecule has 0 aliphatic carbocycles. The van der Waals surface area contributed by atoms with Crippen molar-refractivity contribution in [3.63, 3.8) is 0 Å². The number of ether oxygens (including phenoxy) is 2. The van der Waals surface area contributed by atoms with E-state index in [1.165, 1.54) is 122 Å². The zero-order valence-electron chi connectivity index (χ0n) is 32.7. The van der Waals surface area contributed by atoms with Gasteiger partial charge in [0.05, 0.1) is 25.4 Å². The molecule has 0 saturated carbocycles. The van der Waals surface area contributed by atoms with Crippen molar-refractivity contribution in [2.75, 3.05) is 13.2 Å². The molecule has 0 bridgehead atoms. The Kier molecular flexibility index (Phi) is 30.8. The summed E-state index contributed by atoms with van der Waals surface area (Å²) >= 11 is 0. The maximum atomic E-state index is 12.9. The number of carbonyl (C=O) groups is 1. The second kappa shape index (κ2) is 32.6. The van der Waals surface area contributed by atoms with E-state index < -0.39 is 55.6 Å². The summed E-state index contributed by atoms with van der Waals surface area (Å²) < 4.78 is 11.1. The first-order valence-electron chi connectivity index (χ1n) is 21.3. The molecule has 51 heavy (non-hydrogen) atoms. The van der Waals surface area contributed by atoms with Crippen LogP contribution in [0.3, 0.4) is 0 Å². The van der Waals surface area contributed by atoms with Crippen molar-refractivity contribution < 1.29 is 44.9 Å². The van der Waals surface area contributed by atoms with Gasteiger partial charge in [-0.25, -0.2) is 0 Å². The van der Waals surface area contributed by atoms with Gasteiger partial charge in [0, 0.05) is 6.42 Å². The summed E-state index contributed by atoms with van der Waals surface area (Å²) in [5.74, 6) is -0.257. The predicted molar refractivity (Wildman–Crippen MR) is 204 cm³/mol. The summed E-state index contributed by atoms with van der Waals surface area (Å²) in [7, 11) is 0. The Bertz CT molecular complexity index is 788. The Labute approximate surface area is 311 Å². The summed E-state index contributed by atoms with van der Waals surface area (Å²) in [5.41, 5.74) is 0. The first-order valence-corrected chi connectivity index (χ1v) is 21.3. The molecule has 0 aromatic heterocycles. The highest BCUT2D eigenvalue weighted by Gasteiger charge is 2.44. The maximum absolute atomic E-state index is 12.9. The van der Waals surface area contributed by atoms with Gasteiger partial charge in [-0.1, -0.05) is 174 Å². The molecule has 8 atom stereocenters. The number of unbranched alkanes of at least 4 members (excludes halogenated alkanes) is 24. The van der Waals surface area contributed by atoms with E-state index in [0.29, 0.717) is 6.42 Å². The molecule has 2 unspecified atom stereocenters. The number of aliphatic hydroxyl groups excluding tert-OH is 6. The van der Waals surface area contributed by atoms with E-state index in [4.69, 9.17) is 9.47 Å². The van der Waals surface area contributed by atoms with Gasteiger partial charge in [0.1, 0.15) is 30.5 Å². The SMILES string of the molecule is CCCCCCCCCCCCCCCCCCC(=O)N[C@@H](CO[C@@H]1O[C@H](CO)[C@H](O)C(O)C1O)[C@H](O)[C@H](O)CCCCCCCCCCCC. The van der Waals surface area contributed by atoms with Gasteiger partial charge in [0.15, 0.2) is 6.29 Å². The topological polar surface area (TPSA) is 169 Å². The van der Waals surface area contributed by atoms with Gasteiger partial charge in [-0.15, -0.1) is 0 Å². The molecule has 1 aliphatic rings. The number of hydrogen-bond acceptors (Lipinski definition) is 9. The lowest BCUT2D eigenvalue weighted by atomic mass is 9.98. The van der Waals surface area contributed by atoms with E-state index in [9.17, 15) is 35.4 Å². The fourth-order valence-electron chi connectivity index (χ4n) is 7.02. The lowest BCUT2D eigenvalue weighted by Crippen LogP contribution is -2.60. The van der Waals surface area contributed by atoms with Crippen LogP contribution >= 0.6 is 0 Å². The van der Waals surface area contributed by atoms with Crippen LogP contribution in [0, 0.1) is 0 Å². The van der Waals surface area contributed by atoms with Gasteiger partial charge in [-0.2, -0.15) is 0 Å². The Morgan fingerprint density at radius 3 is 1.45 bits per heavy atom. The summed E-state index contributed by atoms with van der Waals surface area (Å²) in [4.78, 5) is 12.9. The van der Waals surface area contributed by atoms with Crippen molar-refractivity contribution in [3.8, 4) is 0 Å². The third-order valence-electron chi connectivity index (χ3n) is 10.6. The van der Waals surface area contributed by atoms with Gasteiger partial charge in [-0.05, 0) is 12.8 Å². The molecule has 10 nitrogen and oxygen atoms in total. The highest BCUT2D eigenvalue weighted by Crippen LogP contribution is 2.23. The van der Waals surface area contributed by atoms with Gasteiger partial charge in [-0.3, -0.25) is 4.79 Å². The van der Waals surface area contributed by atoms with Crippen molar-refractivity contribution in [2.45, 2.75) is 243 Å². The third kappa shape index (κ3) is 23.5. The van der Waals surface area contributed by atoms with Gasteiger partial charge in [0.25, 0.3) is 0 Å². The summed E-state index contributed by atoms with van der Waals surface area (Å²) in [6.07, 6.45) is 22.6. The number of nitrogens with one attached hydrogen (secondary N) is 1. The molecular formula is C41H81NO9. The molecule has 1 amide bonds. The fraction of sp³-hybridized carbons (Fsp3) is 0.976. The maximum Gasteiger partial charge on any atom is 0.220 e. The van der Waals surface area contributed by atoms with Crippen molar-refractivity contribution in [1.82, 2.24) is 5.32 Å². The number of rotatable bonds is 35. The first-order chi connectivity index (χ1) is 24.8. The van der Waals surface area contributed by atoms with Gasteiger partial charge in [0.2, 0.25) is 5.91 Å². The van der Waals surface area contributed by atoms with Crippen LogP contribution in [0.4, 0.5) is 0 Å². The zero-order chi connectivity index (χ0) is 37.5. The van der Waals surface area contributed by atoms with Crippen LogP contribution in [0.2, 0.25) is 0 Å². The summed E-state index contributed by atoms with van der Waals surface area (Å²) in [5, 5.41) is 64.9. The molecule has 0 aromatic carbocycles. The fourth-order valence-corrected chi connectivity index (χ4v) is 7.02. The van der Waals surface area contributed by atoms with E-state index in [1.54, 1.807) is 0 Å². The predicted octanol–water partition coefficient (Wildman–Crippen LogP) is 6.97. The number of amides is 1. The second-order valence-electron chi connectivity index (χ2n) is 15.3. The molecule has 7 N–H and O–H groups in total. The Morgan fingerprint density at radius 2 is 1.02 bits per heavy atom. The van der Waals surface area contributed by atoms with Crippen LogP contribution in [-0.2, 0) is 14.3 Å². The normalized spacial score (nSPS) is 22.5. The molecule has 1 saturated heterocycles. The van der Waals surface area contributed by atoms with Crippen molar-refractivity contribution in [3.05, 3.63) is 0 Å². The molecule has 0 spiro atoms. The van der Waals surface area contributed by atoms with Crippen molar-refractivity contribution in [2.24, 2.45) is 0 Å². The number of aliphatic hydroxyl groups is 6. The third-order valence-corrected chi connectivity index (χ3v) is 10.6. The molecular weight excluding hydrogens is 650 g/mol. The Hall–Kier alpha value is -0.850. The van der Waals surface area contributed by atoms with Crippen LogP contribution in [-0.4, -0.2) is 98.7 Å². The minimum absolute atomic E-state index is 0.257. The molecule has 10 heteroatoms. The largest absolute Gasteiger partial charge is 0.394 e. The molecule has 0 radical (unpaired) electrons. The van der Waals surface area contributed by atoms with Crippen LogP contribution in [0.15, 0.2) is 0 Å². The van der Waals surface area contributed by atoms with E-state index in [1.807, 2.05) is 0 Å². The minimum Gasteiger partial charge on any atom is -0.394 e. The molecule has 1 aliphatic heterocycles. The average molecular weight is 732 g/mol. The Balaban J connectivity index is 2.41. The van der Waals surface area contributed by atoms with Crippen molar-refractivity contribution in [1.29, 1.82) is 0 Å². The molecule has 1 heterocycles. The van der Waals surface area contributed by atoms with E-state index in [-0.39, 0.29) is 18.9 Å². The average Bonchev–Trinajstić information content (AvgIpc) is 3.13. The van der Waals surface area contributed by atoms with Gasteiger partial charge >= 0.3 is 0 Å². The first kappa shape index (κ1) is 48.2. The zero-order valence-corrected chi connectivity index (χ0v) is 32.7. The van der Waals surface area contributed by atoms with Crippen LogP contribution in [0.5, 0.6) is 0 Å². The van der Waals surface area contributed by atoms with Crippen molar-refractivity contribution >= 4 is 5.91 Å². The van der Waals surface area contributed by atoms with Crippen LogP contribution in [0.25, 0.3) is 0 Å². The highest BCUT2D eigenvalue weighted by atomic mass is 16.7. The lowest BCUT2D eigenvalue weighted by molar-refractivity contribution is -0.303. The Morgan fingerprint density at radius 1 is 0.608 bits per heavy atom. The monoisotopic (exact) mass is 732 g/mol. The summed E-state index contributed by atoms with van der Waals surface area (Å²) in [6, 6.07) is -0.982. The molecule has 1 fully saturated rings. The molecule has 304 valence electrons. The van der Waals surface area contributed by atoms with E-state index in [0.717, 1.165) is 44.9 Å². The van der Waals surface area contributed by atoms with E-state index in [2.05, 4.69) is 19.2 Å². The molecule has 1 rings (SSSR count). The number of carbonyl (C=O) groups excluding carboxylic acids is 1. The van der Waals surface area contributed by atoms with Gasteiger partial charge < -0.3 is 45.4 Å². The molecule has 0 aromatic rings. The second-order valence-corrected chi connectivity index (χ2v) is 15.3. The summed E-state index contributed by atoms with van der Waals surface area (Å²) in [6.45, 7) is 3.58. The van der Waals surface area contributed by atoms with E-state index >= 15 is 0 Å². The smallest absolute Gasteiger partial charge is 0.220 e. The van der Waals surface area contributed by atoms with Crippen LogP contribution in [0.1, 0.15) is 194 Å². The quantitative estimate of drug-likeness (QED) is 0.0341.